The molecule has 3 heteroatoms. The molecule has 1 rings (SSSR count). The molecule has 0 aliphatic rings. The zero-order valence-electron chi connectivity index (χ0n) is 9.76. The fraction of sp³-hybridized carbons (Fsp3) is 0.417. The van der Waals surface area contributed by atoms with E-state index >= 15 is 0 Å². The molecule has 0 aromatic heterocycles. The van der Waals surface area contributed by atoms with Crippen LogP contribution in [0.15, 0.2) is 18.2 Å². The third-order valence-corrected chi connectivity index (χ3v) is 1.93. The molecule has 0 heterocycles. The molecule has 1 nitrogen and oxygen atoms in total. The van der Waals surface area contributed by atoms with E-state index in [0.29, 0.717) is 5.75 Å². The summed E-state index contributed by atoms with van der Waals surface area (Å²) in [5.74, 6) is 0.361. The van der Waals surface area contributed by atoms with Crippen LogP contribution < -0.4 is 0 Å². The summed E-state index contributed by atoms with van der Waals surface area (Å²) in [7, 11) is 0. The second kappa shape index (κ2) is 6.19. The number of aryl methyl sites for hydroxylation is 1. The first-order valence-corrected chi connectivity index (χ1v) is 6.44. The fourth-order valence-electron chi connectivity index (χ4n) is 1.20. The van der Waals surface area contributed by atoms with E-state index in [1.165, 1.54) is 5.56 Å². The summed E-state index contributed by atoms with van der Waals surface area (Å²) >= 11 is -1.25. The van der Waals surface area contributed by atoms with Gasteiger partial charge < -0.3 is 5.11 Å². The van der Waals surface area contributed by atoms with Gasteiger partial charge in [0.25, 0.3) is 0 Å². The monoisotopic (exact) mass is 245 g/mol. The average molecular weight is 245 g/mol. The average Bonchev–Trinajstić information content (AvgIpc) is 2.01. The Morgan fingerprint density at radius 1 is 1.27 bits per heavy atom. The van der Waals surface area contributed by atoms with Crippen LogP contribution in [0.2, 0.25) is 0 Å². The van der Waals surface area contributed by atoms with Gasteiger partial charge in [-0.15, -0.1) is 0 Å². The van der Waals surface area contributed by atoms with Gasteiger partial charge in [-0.25, -0.2) is 0 Å². The molecule has 0 bridgehead atoms. The third-order valence-electron chi connectivity index (χ3n) is 1.93. The van der Waals surface area contributed by atoms with Crippen molar-refractivity contribution in [3.63, 3.8) is 0 Å². The van der Waals surface area contributed by atoms with E-state index in [-0.39, 0.29) is 5.41 Å². The Labute approximate surface area is 100 Å². The molecule has 0 aliphatic heterocycles. The molecule has 0 spiro atoms. The van der Waals surface area contributed by atoms with Crippen LogP contribution in [0, 0.1) is 6.92 Å². The minimum atomic E-state index is -1.25. The van der Waals surface area contributed by atoms with E-state index in [4.69, 9.17) is 0 Å². The van der Waals surface area contributed by atoms with Gasteiger partial charge in [-0.05, 0) is 35.6 Å². The molecule has 0 aliphatic carbocycles. The first kappa shape index (κ1) is 14.5. The van der Waals surface area contributed by atoms with Crippen LogP contribution in [-0.4, -0.2) is 9.92 Å². The van der Waals surface area contributed by atoms with Crippen LogP contribution in [0.5, 0.6) is 5.75 Å². The number of phenolic OH excluding ortho intramolecular Hbond substituents is 1. The van der Waals surface area contributed by atoms with Crippen molar-refractivity contribution < 1.29 is 27.4 Å². The van der Waals surface area contributed by atoms with Crippen LogP contribution in [0.25, 0.3) is 0 Å². The van der Waals surface area contributed by atoms with Crippen molar-refractivity contribution in [2.24, 2.45) is 0 Å². The number of benzene rings is 1. The second-order valence-electron chi connectivity index (χ2n) is 4.44. The van der Waals surface area contributed by atoms with E-state index in [9.17, 15) is 8.20 Å². The normalized spacial score (nSPS) is 9.93. The Bertz CT molecular complexity index is 309. The first-order chi connectivity index (χ1) is 6.81. The summed E-state index contributed by atoms with van der Waals surface area (Å²) in [6, 6.07) is 5.71. The van der Waals surface area contributed by atoms with Crippen molar-refractivity contribution in [3.05, 3.63) is 29.3 Å². The van der Waals surface area contributed by atoms with Crippen molar-refractivity contribution in [1.82, 2.24) is 0 Å². The zero-order chi connectivity index (χ0) is 12.1. The number of phenols is 1. The van der Waals surface area contributed by atoms with Gasteiger partial charge in [0.05, 0.1) is 0 Å². The van der Waals surface area contributed by atoms with Crippen LogP contribution in [0.4, 0.5) is 3.09 Å². The summed E-state index contributed by atoms with van der Waals surface area (Å²) < 4.78 is 10.3. The molecule has 1 aromatic rings. The van der Waals surface area contributed by atoms with Crippen LogP contribution in [0.3, 0.4) is 0 Å². The predicted molar refractivity (Wildman–Crippen MR) is 59.8 cm³/mol. The van der Waals surface area contributed by atoms with Crippen LogP contribution >= 0.6 is 0 Å². The molecule has 83 valence electrons. The van der Waals surface area contributed by atoms with Crippen molar-refractivity contribution >= 4 is 4.82 Å². The molecule has 0 atom stereocenters. The van der Waals surface area contributed by atoms with Gasteiger partial charge in [0.15, 0.2) is 0 Å². The molecule has 1 aromatic carbocycles. The van der Waals surface area contributed by atoms with Crippen molar-refractivity contribution in [2.45, 2.75) is 33.1 Å². The summed E-state index contributed by atoms with van der Waals surface area (Å²) in [5.41, 5.74) is 2.41. The zero-order valence-corrected chi connectivity index (χ0v) is 11.3. The SMILES string of the molecule is Cc1cc(O)cc(C(C)(C)C)c1.[CH2]=[Ti][F]. The molecule has 1 N–H and O–H groups in total. The van der Waals surface area contributed by atoms with Crippen molar-refractivity contribution in [3.8, 4) is 5.75 Å². The van der Waals surface area contributed by atoms with E-state index < -0.39 is 19.2 Å². The Hall–Kier alpha value is -0.466. The molecule has 0 fully saturated rings. The number of hydrogen-bond donors (Lipinski definition) is 1. The Kier molecular flexibility index (Phi) is 6.00. The second-order valence-corrected chi connectivity index (χ2v) is 4.86. The van der Waals surface area contributed by atoms with E-state index in [0.717, 1.165) is 5.56 Å². The maximum atomic E-state index is 10.3. The molecule has 0 amide bonds. The molecule has 0 saturated heterocycles. The van der Waals surface area contributed by atoms with Gasteiger partial charge >= 0.3 is 27.1 Å². The standard InChI is InChI=1S/C11H16O.CH2.FH.Ti/c1-8-5-9(11(2,3)4)7-10(12)6-8;;;/h5-7,12H,1-4H3;1H2;1H;/q;;;+1/p-1. The molecule has 0 radical (unpaired) electrons. The molecule has 15 heavy (non-hydrogen) atoms. The Balaban J connectivity index is 0.000000583. The number of aromatic hydroxyl groups is 1. The topological polar surface area (TPSA) is 20.2 Å². The summed E-state index contributed by atoms with van der Waals surface area (Å²) in [4.78, 5) is 2.94. The molecule has 0 unspecified atom stereocenters. The fourth-order valence-corrected chi connectivity index (χ4v) is 1.20. The summed E-state index contributed by atoms with van der Waals surface area (Å²) in [6.07, 6.45) is 0. The number of halogens is 1. The summed E-state index contributed by atoms with van der Waals surface area (Å²) in [5, 5.41) is 9.36. The van der Waals surface area contributed by atoms with Gasteiger partial charge in [0, 0.05) is 0 Å². The van der Waals surface area contributed by atoms with Gasteiger partial charge in [-0.2, -0.15) is 0 Å². The number of rotatable bonds is 0. The molecule has 0 saturated carbocycles. The van der Waals surface area contributed by atoms with Gasteiger partial charge in [0.2, 0.25) is 0 Å². The molecular formula is C12H18FOTi. The van der Waals surface area contributed by atoms with Crippen LogP contribution in [-0.2, 0) is 24.6 Å². The van der Waals surface area contributed by atoms with Gasteiger partial charge in [0.1, 0.15) is 5.75 Å². The molecular weight excluding hydrogens is 227 g/mol. The first-order valence-electron chi connectivity index (χ1n) is 4.75. The third kappa shape index (κ3) is 5.86. The van der Waals surface area contributed by atoms with Crippen LogP contribution in [0.1, 0.15) is 31.9 Å². The summed E-state index contributed by atoms with van der Waals surface area (Å²) in [6.45, 7) is 8.42. The van der Waals surface area contributed by atoms with E-state index in [2.05, 4.69) is 31.7 Å². The predicted octanol–water partition coefficient (Wildman–Crippen LogP) is 3.38. The Morgan fingerprint density at radius 3 is 2.07 bits per heavy atom. The van der Waals surface area contributed by atoms with E-state index in [1.807, 2.05) is 13.0 Å². The van der Waals surface area contributed by atoms with Gasteiger partial charge in [-0.1, -0.05) is 26.8 Å². The Morgan fingerprint density at radius 2 is 1.73 bits per heavy atom. The van der Waals surface area contributed by atoms with Gasteiger partial charge in [-0.3, -0.25) is 0 Å². The number of hydrogen-bond acceptors (Lipinski definition) is 1. The van der Waals surface area contributed by atoms with E-state index in [1.54, 1.807) is 6.07 Å². The van der Waals surface area contributed by atoms with Crippen molar-refractivity contribution in [2.75, 3.05) is 0 Å². The quantitative estimate of drug-likeness (QED) is 0.694. The minimum absolute atomic E-state index is 0.115. The maximum absolute atomic E-state index is 10.3. The van der Waals surface area contributed by atoms with Crippen molar-refractivity contribution in [1.29, 1.82) is 0 Å².